The fourth-order valence-electron chi connectivity index (χ4n) is 1.43. The fourth-order valence-corrected chi connectivity index (χ4v) is 1.43. The Balaban J connectivity index is 2.14. The lowest BCUT2D eigenvalue weighted by atomic mass is 10.1. The molecular weight excluding hydrogens is 226 g/mol. The first kappa shape index (κ1) is 11.9. The number of benzene rings is 1. The Labute approximate surface area is 106 Å². The van der Waals surface area contributed by atoms with Crippen LogP contribution >= 0.6 is 0 Å². The van der Waals surface area contributed by atoms with E-state index in [-0.39, 0.29) is 5.78 Å². The van der Waals surface area contributed by atoms with Gasteiger partial charge < -0.3 is 9.88 Å². The smallest absolute Gasteiger partial charge is 0.236 e. The molecule has 0 fully saturated rings. The first-order chi connectivity index (χ1) is 8.66. The molecule has 2 rings (SSSR count). The third-order valence-corrected chi connectivity index (χ3v) is 2.44. The Bertz CT molecular complexity index is 586. The highest BCUT2D eigenvalue weighted by Crippen LogP contribution is 2.12. The summed E-state index contributed by atoms with van der Waals surface area (Å²) in [4.78, 5) is 20.5. The van der Waals surface area contributed by atoms with E-state index in [9.17, 15) is 4.79 Å². The van der Waals surface area contributed by atoms with Gasteiger partial charge >= 0.3 is 0 Å². The molecule has 0 spiro atoms. The van der Waals surface area contributed by atoms with E-state index in [0.717, 1.165) is 5.69 Å². The maximum atomic E-state index is 11.8. The van der Waals surface area contributed by atoms with Gasteiger partial charge in [-0.15, -0.1) is 0 Å². The number of anilines is 1. The largest absolute Gasteiger partial charge is 0.378 e. The topological polar surface area (TPSA) is 49.0 Å². The van der Waals surface area contributed by atoms with E-state index in [1.165, 1.54) is 0 Å². The van der Waals surface area contributed by atoms with Crippen LogP contribution in [0.3, 0.4) is 0 Å². The van der Waals surface area contributed by atoms with Crippen LogP contribution in [0.1, 0.15) is 16.2 Å². The van der Waals surface area contributed by atoms with Crippen LogP contribution in [0, 0.1) is 11.8 Å². The Morgan fingerprint density at radius 2 is 2.00 bits per heavy atom. The number of ketones is 1. The Kier molecular flexibility index (Phi) is 3.44. The summed E-state index contributed by atoms with van der Waals surface area (Å²) in [5.74, 6) is 5.52. The lowest BCUT2D eigenvalue weighted by Crippen LogP contribution is -2.08. The van der Waals surface area contributed by atoms with Crippen LogP contribution in [0.15, 0.2) is 36.7 Å². The minimum absolute atomic E-state index is 0.211. The second-order valence-corrected chi connectivity index (χ2v) is 3.96. The predicted octanol–water partition coefficient (Wildman–Crippen LogP) is 1.71. The SMILES string of the molecule is CN(C)c1ccc(C(=O)C#Cc2ncc[nH]2)cc1. The number of nitrogens with one attached hydrogen (secondary N) is 1. The number of aromatic amines is 1. The zero-order valence-electron chi connectivity index (χ0n) is 10.3. The number of Topliss-reactive ketones (excluding diaryl/α,β-unsaturated/α-hetero) is 1. The van der Waals surface area contributed by atoms with Crippen LogP contribution in [0.4, 0.5) is 5.69 Å². The summed E-state index contributed by atoms with van der Waals surface area (Å²) in [6.45, 7) is 0. The van der Waals surface area contributed by atoms with Crippen molar-refractivity contribution in [3.63, 3.8) is 0 Å². The van der Waals surface area contributed by atoms with Gasteiger partial charge in [0.05, 0.1) is 0 Å². The third kappa shape index (κ3) is 2.77. The highest BCUT2D eigenvalue weighted by Gasteiger charge is 2.02. The number of hydrogen-bond acceptors (Lipinski definition) is 3. The number of rotatable bonds is 2. The fraction of sp³-hybridized carbons (Fsp3) is 0.143. The molecule has 1 aromatic carbocycles. The van der Waals surface area contributed by atoms with E-state index in [1.54, 1.807) is 24.5 Å². The lowest BCUT2D eigenvalue weighted by Gasteiger charge is -2.11. The molecule has 0 bridgehead atoms. The summed E-state index contributed by atoms with van der Waals surface area (Å²) in [5, 5.41) is 0. The number of aromatic nitrogens is 2. The average Bonchev–Trinajstić information content (AvgIpc) is 2.89. The van der Waals surface area contributed by atoms with E-state index >= 15 is 0 Å². The van der Waals surface area contributed by atoms with Crippen LogP contribution in [-0.2, 0) is 0 Å². The zero-order chi connectivity index (χ0) is 13.0. The van der Waals surface area contributed by atoms with Crippen molar-refractivity contribution in [3.05, 3.63) is 48.0 Å². The molecule has 1 aromatic heterocycles. The average molecular weight is 239 g/mol. The first-order valence-corrected chi connectivity index (χ1v) is 5.50. The lowest BCUT2D eigenvalue weighted by molar-refractivity contribution is 0.105. The summed E-state index contributed by atoms with van der Waals surface area (Å²) in [5.41, 5.74) is 1.63. The van der Waals surface area contributed by atoms with Gasteiger partial charge in [-0.05, 0) is 36.1 Å². The van der Waals surface area contributed by atoms with Gasteiger partial charge in [-0.25, -0.2) is 4.98 Å². The van der Waals surface area contributed by atoms with E-state index in [2.05, 4.69) is 21.8 Å². The van der Waals surface area contributed by atoms with E-state index in [1.807, 2.05) is 31.1 Å². The van der Waals surface area contributed by atoms with Gasteiger partial charge in [-0.3, -0.25) is 4.79 Å². The van der Waals surface area contributed by atoms with Gasteiger partial charge in [0.1, 0.15) is 0 Å². The summed E-state index contributed by atoms with van der Waals surface area (Å²) in [7, 11) is 3.90. The molecule has 0 saturated carbocycles. The molecule has 4 nitrogen and oxygen atoms in total. The van der Waals surface area contributed by atoms with Gasteiger partial charge in [-0.1, -0.05) is 0 Å². The Morgan fingerprint density at radius 1 is 1.28 bits per heavy atom. The summed E-state index contributed by atoms with van der Waals surface area (Å²) < 4.78 is 0. The Hall–Kier alpha value is -2.54. The zero-order valence-corrected chi connectivity index (χ0v) is 10.3. The molecule has 0 aliphatic heterocycles. The van der Waals surface area contributed by atoms with Crippen LogP contribution in [0.2, 0.25) is 0 Å². The first-order valence-electron chi connectivity index (χ1n) is 5.50. The number of imidazole rings is 1. The van der Waals surface area contributed by atoms with Crippen LogP contribution in [0.25, 0.3) is 0 Å². The van der Waals surface area contributed by atoms with Crippen molar-refractivity contribution in [2.75, 3.05) is 19.0 Å². The molecule has 2 aromatic rings. The minimum atomic E-state index is -0.211. The van der Waals surface area contributed by atoms with Crippen LogP contribution in [-0.4, -0.2) is 29.8 Å². The monoisotopic (exact) mass is 239 g/mol. The maximum Gasteiger partial charge on any atom is 0.236 e. The summed E-state index contributed by atoms with van der Waals surface area (Å²) >= 11 is 0. The quantitative estimate of drug-likeness (QED) is 0.641. The minimum Gasteiger partial charge on any atom is -0.378 e. The number of nitrogens with zero attached hydrogens (tertiary/aromatic N) is 2. The summed E-state index contributed by atoms with van der Waals surface area (Å²) in [6, 6.07) is 7.33. The number of carbonyl (C=O) groups excluding carboxylic acids is 1. The molecule has 0 aliphatic carbocycles. The van der Waals surface area contributed by atoms with Crippen molar-refractivity contribution in [1.82, 2.24) is 9.97 Å². The normalized spacial score (nSPS) is 9.44. The van der Waals surface area contributed by atoms with Gasteiger partial charge in [0.2, 0.25) is 5.78 Å². The molecule has 0 unspecified atom stereocenters. The summed E-state index contributed by atoms with van der Waals surface area (Å²) in [6.07, 6.45) is 3.26. The molecular formula is C14H13N3O. The second-order valence-electron chi connectivity index (χ2n) is 3.96. The molecule has 0 radical (unpaired) electrons. The molecule has 0 aliphatic rings. The molecule has 0 amide bonds. The van der Waals surface area contributed by atoms with Crippen molar-refractivity contribution in [1.29, 1.82) is 0 Å². The standard InChI is InChI=1S/C14H13N3O/c1-17(2)12-5-3-11(4-6-12)13(18)7-8-14-15-9-10-16-14/h3-6,9-10H,1-2H3,(H,15,16). The number of carbonyl (C=O) groups is 1. The van der Waals surface area contributed by atoms with Crippen molar-refractivity contribution in [2.24, 2.45) is 0 Å². The van der Waals surface area contributed by atoms with Gasteiger partial charge in [0.25, 0.3) is 0 Å². The van der Waals surface area contributed by atoms with Gasteiger partial charge in [-0.2, -0.15) is 0 Å². The van der Waals surface area contributed by atoms with Crippen LogP contribution < -0.4 is 4.90 Å². The van der Waals surface area contributed by atoms with E-state index < -0.39 is 0 Å². The number of H-pyrrole nitrogens is 1. The predicted molar refractivity (Wildman–Crippen MR) is 70.6 cm³/mol. The van der Waals surface area contributed by atoms with Gasteiger partial charge in [0, 0.05) is 37.7 Å². The second kappa shape index (κ2) is 5.19. The molecule has 4 heteroatoms. The molecule has 0 atom stereocenters. The molecule has 90 valence electrons. The third-order valence-electron chi connectivity index (χ3n) is 2.44. The van der Waals surface area contributed by atoms with Crippen LogP contribution in [0.5, 0.6) is 0 Å². The molecule has 18 heavy (non-hydrogen) atoms. The van der Waals surface area contributed by atoms with Crippen molar-refractivity contribution in [2.45, 2.75) is 0 Å². The Morgan fingerprint density at radius 3 is 2.56 bits per heavy atom. The van der Waals surface area contributed by atoms with Crippen molar-refractivity contribution in [3.8, 4) is 11.8 Å². The molecule has 0 saturated heterocycles. The highest BCUT2D eigenvalue weighted by molar-refractivity contribution is 6.09. The van der Waals surface area contributed by atoms with Crippen molar-refractivity contribution >= 4 is 11.5 Å². The molecule has 1 heterocycles. The van der Waals surface area contributed by atoms with E-state index in [0.29, 0.717) is 11.4 Å². The number of hydrogen-bond donors (Lipinski definition) is 1. The highest BCUT2D eigenvalue weighted by atomic mass is 16.1. The molecule has 1 N–H and O–H groups in total. The van der Waals surface area contributed by atoms with E-state index in [4.69, 9.17) is 0 Å². The van der Waals surface area contributed by atoms with Crippen molar-refractivity contribution < 1.29 is 4.79 Å². The van der Waals surface area contributed by atoms with Gasteiger partial charge in [0.15, 0.2) is 5.82 Å². The maximum absolute atomic E-state index is 11.8.